The van der Waals surface area contributed by atoms with E-state index in [-0.39, 0.29) is 17.6 Å². The highest BCUT2D eigenvalue weighted by Gasteiger charge is 2.28. The fourth-order valence-corrected chi connectivity index (χ4v) is 4.18. The monoisotopic (exact) mass is 357 g/mol. The standard InChI is InChI=1S/C17H19N5O2S/c1-20-14-9-18-11-19-16(14)22(17(20)24)12-4-2-6-21(10-12)15(23)8-13-5-3-7-25-13/h3,5,7,9,11-12H,2,4,6,8,10H2,1H3/t12-/m1/s1. The van der Waals surface area contributed by atoms with Crippen molar-refractivity contribution in [2.45, 2.75) is 25.3 Å². The topological polar surface area (TPSA) is 73.0 Å². The lowest BCUT2D eigenvalue weighted by atomic mass is 10.0. The number of imidazole rings is 1. The Balaban J connectivity index is 1.61. The fourth-order valence-electron chi connectivity index (χ4n) is 3.49. The number of aromatic nitrogens is 4. The minimum atomic E-state index is -0.104. The van der Waals surface area contributed by atoms with Crippen molar-refractivity contribution < 1.29 is 4.79 Å². The van der Waals surface area contributed by atoms with E-state index in [1.807, 2.05) is 22.4 Å². The quantitative estimate of drug-likeness (QED) is 0.714. The zero-order chi connectivity index (χ0) is 17.4. The van der Waals surface area contributed by atoms with Crippen molar-refractivity contribution in [3.05, 3.63) is 45.4 Å². The van der Waals surface area contributed by atoms with Crippen LogP contribution in [0, 0.1) is 0 Å². The lowest BCUT2D eigenvalue weighted by Crippen LogP contribution is -2.43. The minimum Gasteiger partial charge on any atom is -0.340 e. The number of carbonyl (C=O) groups is 1. The summed E-state index contributed by atoms with van der Waals surface area (Å²) in [6, 6.07) is 3.89. The van der Waals surface area contributed by atoms with Crippen molar-refractivity contribution in [2.24, 2.45) is 7.05 Å². The first-order chi connectivity index (χ1) is 12.1. The smallest absolute Gasteiger partial charge is 0.330 e. The molecule has 1 aliphatic rings. The molecule has 0 unspecified atom stereocenters. The van der Waals surface area contributed by atoms with Crippen LogP contribution >= 0.6 is 11.3 Å². The van der Waals surface area contributed by atoms with Crippen LogP contribution in [-0.4, -0.2) is 43.0 Å². The van der Waals surface area contributed by atoms with Crippen molar-refractivity contribution in [1.82, 2.24) is 24.0 Å². The number of aryl methyl sites for hydroxylation is 1. The molecule has 0 N–H and O–H groups in total. The highest BCUT2D eigenvalue weighted by Crippen LogP contribution is 2.24. The van der Waals surface area contributed by atoms with Crippen LogP contribution in [0.1, 0.15) is 23.8 Å². The van der Waals surface area contributed by atoms with Gasteiger partial charge >= 0.3 is 5.69 Å². The third-order valence-corrected chi connectivity index (χ3v) is 5.65. The summed E-state index contributed by atoms with van der Waals surface area (Å²) in [4.78, 5) is 36.5. The predicted octanol–water partition coefficient (Wildman–Crippen LogP) is 1.60. The number of thiophene rings is 1. The van der Waals surface area contributed by atoms with Crippen molar-refractivity contribution in [3.63, 3.8) is 0 Å². The molecular weight excluding hydrogens is 338 g/mol. The molecule has 0 spiro atoms. The highest BCUT2D eigenvalue weighted by molar-refractivity contribution is 7.10. The second-order valence-electron chi connectivity index (χ2n) is 6.34. The molecule has 130 valence electrons. The van der Waals surface area contributed by atoms with Gasteiger partial charge in [0.2, 0.25) is 5.91 Å². The van der Waals surface area contributed by atoms with Crippen molar-refractivity contribution >= 4 is 28.4 Å². The molecular formula is C17H19N5O2S. The van der Waals surface area contributed by atoms with Gasteiger partial charge in [-0.25, -0.2) is 14.8 Å². The van der Waals surface area contributed by atoms with Gasteiger partial charge in [0.1, 0.15) is 11.8 Å². The van der Waals surface area contributed by atoms with Crippen LogP contribution in [0.3, 0.4) is 0 Å². The average molecular weight is 357 g/mol. The number of carbonyl (C=O) groups excluding carboxylic acids is 1. The Morgan fingerprint density at radius 3 is 3.12 bits per heavy atom. The zero-order valence-corrected chi connectivity index (χ0v) is 14.8. The summed E-state index contributed by atoms with van der Waals surface area (Å²) < 4.78 is 3.29. The molecule has 3 aromatic heterocycles. The summed E-state index contributed by atoms with van der Waals surface area (Å²) >= 11 is 1.60. The van der Waals surface area contributed by atoms with Gasteiger partial charge in [0.05, 0.1) is 18.7 Å². The zero-order valence-electron chi connectivity index (χ0n) is 14.0. The Morgan fingerprint density at radius 2 is 2.32 bits per heavy atom. The van der Waals surface area contributed by atoms with E-state index >= 15 is 0 Å². The third kappa shape index (κ3) is 2.86. The van der Waals surface area contributed by atoms with Crippen LogP contribution in [0.15, 0.2) is 34.8 Å². The molecule has 4 rings (SSSR count). The van der Waals surface area contributed by atoms with E-state index in [4.69, 9.17) is 0 Å². The van der Waals surface area contributed by atoms with Crippen LogP contribution in [0.4, 0.5) is 0 Å². The van der Waals surface area contributed by atoms with Crippen LogP contribution < -0.4 is 5.69 Å². The number of fused-ring (bicyclic) bond motifs is 1. The number of rotatable bonds is 3. The lowest BCUT2D eigenvalue weighted by Gasteiger charge is -2.33. The van der Waals surface area contributed by atoms with Crippen LogP contribution in [0.5, 0.6) is 0 Å². The van der Waals surface area contributed by atoms with E-state index in [2.05, 4.69) is 9.97 Å². The normalized spacial score (nSPS) is 18.0. The Labute approximate surface area is 148 Å². The van der Waals surface area contributed by atoms with Crippen molar-refractivity contribution in [1.29, 1.82) is 0 Å². The van der Waals surface area contributed by atoms with E-state index in [1.165, 1.54) is 6.33 Å². The summed E-state index contributed by atoms with van der Waals surface area (Å²) in [5.41, 5.74) is 1.25. The molecule has 0 saturated carbocycles. The van der Waals surface area contributed by atoms with Gasteiger partial charge in [-0.1, -0.05) is 6.07 Å². The van der Waals surface area contributed by atoms with E-state index in [1.54, 1.807) is 33.7 Å². The summed E-state index contributed by atoms with van der Waals surface area (Å²) in [5.74, 6) is 0.120. The van der Waals surface area contributed by atoms with Crippen LogP contribution in [0.25, 0.3) is 11.2 Å². The molecule has 0 bridgehead atoms. The number of nitrogens with zero attached hydrogens (tertiary/aromatic N) is 5. The maximum Gasteiger partial charge on any atom is 0.330 e. The van der Waals surface area contributed by atoms with Gasteiger partial charge in [-0.3, -0.25) is 13.9 Å². The second kappa shape index (κ2) is 6.44. The Hall–Kier alpha value is -2.48. The summed E-state index contributed by atoms with van der Waals surface area (Å²) in [6.07, 6.45) is 5.29. The van der Waals surface area contributed by atoms with Crippen molar-refractivity contribution in [2.75, 3.05) is 13.1 Å². The van der Waals surface area contributed by atoms with Crippen molar-refractivity contribution in [3.8, 4) is 0 Å². The maximum atomic E-state index is 12.7. The highest BCUT2D eigenvalue weighted by atomic mass is 32.1. The summed E-state index contributed by atoms with van der Waals surface area (Å²) in [7, 11) is 1.73. The molecule has 0 aliphatic carbocycles. The molecule has 8 heteroatoms. The average Bonchev–Trinajstić information content (AvgIpc) is 3.23. The molecule has 25 heavy (non-hydrogen) atoms. The molecule has 1 aliphatic heterocycles. The molecule has 0 aromatic carbocycles. The maximum absolute atomic E-state index is 12.7. The first-order valence-electron chi connectivity index (χ1n) is 8.32. The molecule has 4 heterocycles. The fraction of sp³-hybridized carbons (Fsp3) is 0.412. The number of piperidine rings is 1. The molecule has 0 radical (unpaired) electrons. The van der Waals surface area contributed by atoms with E-state index in [0.717, 1.165) is 29.8 Å². The van der Waals surface area contributed by atoms with Gasteiger partial charge in [-0.15, -0.1) is 11.3 Å². The predicted molar refractivity (Wildman–Crippen MR) is 95.6 cm³/mol. The molecule has 3 aromatic rings. The summed E-state index contributed by atoms with van der Waals surface area (Å²) in [6.45, 7) is 1.29. The second-order valence-corrected chi connectivity index (χ2v) is 7.37. The lowest BCUT2D eigenvalue weighted by molar-refractivity contribution is -0.132. The van der Waals surface area contributed by atoms with Crippen LogP contribution in [-0.2, 0) is 18.3 Å². The number of hydrogen-bond acceptors (Lipinski definition) is 5. The van der Waals surface area contributed by atoms with Gasteiger partial charge in [0, 0.05) is 25.0 Å². The van der Waals surface area contributed by atoms with E-state index in [9.17, 15) is 9.59 Å². The molecule has 1 atom stereocenters. The van der Waals surface area contributed by atoms with Gasteiger partial charge in [0.15, 0.2) is 5.65 Å². The van der Waals surface area contributed by atoms with Gasteiger partial charge in [-0.2, -0.15) is 0 Å². The van der Waals surface area contributed by atoms with Gasteiger partial charge in [0.25, 0.3) is 0 Å². The molecule has 1 fully saturated rings. The third-order valence-electron chi connectivity index (χ3n) is 4.78. The molecule has 1 amide bonds. The number of amides is 1. The van der Waals surface area contributed by atoms with Gasteiger partial charge in [-0.05, 0) is 24.3 Å². The summed E-state index contributed by atoms with van der Waals surface area (Å²) in [5, 5.41) is 1.98. The largest absolute Gasteiger partial charge is 0.340 e. The minimum absolute atomic E-state index is 0.0489. The van der Waals surface area contributed by atoms with Crippen LogP contribution in [0.2, 0.25) is 0 Å². The molecule has 1 saturated heterocycles. The Bertz CT molecular complexity index is 959. The number of likely N-dealkylation sites (tertiary alicyclic amines) is 1. The van der Waals surface area contributed by atoms with E-state index in [0.29, 0.717) is 18.6 Å². The SMILES string of the molecule is Cn1c(=O)n([C@@H]2CCCN(C(=O)Cc3cccs3)C2)c2ncncc21. The number of hydrogen-bond donors (Lipinski definition) is 0. The first-order valence-corrected chi connectivity index (χ1v) is 9.20. The van der Waals surface area contributed by atoms with Gasteiger partial charge < -0.3 is 4.90 Å². The van der Waals surface area contributed by atoms with E-state index < -0.39 is 0 Å². The molecule has 7 nitrogen and oxygen atoms in total. The Morgan fingerprint density at radius 1 is 1.44 bits per heavy atom. The first kappa shape index (κ1) is 16.0. The Kier molecular flexibility index (Phi) is 4.12.